The Morgan fingerprint density at radius 1 is 1.10 bits per heavy atom. The van der Waals surface area contributed by atoms with Crippen molar-refractivity contribution in [3.63, 3.8) is 0 Å². The van der Waals surface area contributed by atoms with Gasteiger partial charge in [-0.25, -0.2) is 0 Å². The van der Waals surface area contributed by atoms with Gasteiger partial charge in [-0.2, -0.15) is 0 Å². The number of nitrogens with zero attached hydrogens (tertiary/aromatic N) is 3. The molecule has 2 aliphatic heterocycles. The summed E-state index contributed by atoms with van der Waals surface area (Å²) in [7, 11) is 0. The van der Waals surface area contributed by atoms with Crippen molar-refractivity contribution in [1.29, 1.82) is 0 Å². The first-order valence-corrected chi connectivity index (χ1v) is 11.5. The van der Waals surface area contributed by atoms with Crippen molar-refractivity contribution in [2.24, 2.45) is 4.99 Å². The van der Waals surface area contributed by atoms with E-state index in [0.29, 0.717) is 6.54 Å². The number of hydrogen-bond acceptors (Lipinski definition) is 5. The van der Waals surface area contributed by atoms with Crippen LogP contribution >= 0.6 is 11.6 Å². The van der Waals surface area contributed by atoms with Gasteiger partial charge in [0, 0.05) is 44.3 Å². The first kappa shape index (κ1) is 23.3. The average Bonchev–Trinajstić information content (AvgIpc) is 2.78. The molecule has 1 atom stereocenters. The van der Waals surface area contributed by atoms with Crippen LogP contribution in [0, 0.1) is 0 Å². The van der Waals surface area contributed by atoms with Crippen LogP contribution in [0.4, 0.5) is 0 Å². The predicted molar refractivity (Wildman–Crippen MR) is 122 cm³/mol. The van der Waals surface area contributed by atoms with Crippen LogP contribution in [0.1, 0.15) is 24.9 Å². The van der Waals surface area contributed by atoms with Crippen molar-refractivity contribution in [2.45, 2.75) is 19.4 Å². The number of hydrogen-bond donors (Lipinski definition) is 2. The Bertz CT molecular complexity index is 648. The Morgan fingerprint density at radius 3 is 2.53 bits per heavy atom. The zero-order valence-corrected chi connectivity index (χ0v) is 18.9. The fourth-order valence-corrected chi connectivity index (χ4v) is 4.09. The molecule has 30 heavy (non-hydrogen) atoms. The number of benzene rings is 1. The maximum atomic E-state index is 6.27. The average molecular weight is 438 g/mol. The van der Waals surface area contributed by atoms with Gasteiger partial charge in [-0.05, 0) is 37.6 Å². The van der Waals surface area contributed by atoms with Gasteiger partial charge in [-0.1, -0.05) is 23.7 Å². The Labute approximate surface area is 185 Å². The summed E-state index contributed by atoms with van der Waals surface area (Å²) >= 11 is 6.27. The largest absolute Gasteiger partial charge is 0.379 e. The van der Waals surface area contributed by atoms with E-state index in [-0.39, 0.29) is 6.04 Å². The van der Waals surface area contributed by atoms with Crippen LogP contribution in [0.15, 0.2) is 29.3 Å². The van der Waals surface area contributed by atoms with E-state index in [9.17, 15) is 0 Å². The minimum Gasteiger partial charge on any atom is -0.379 e. The van der Waals surface area contributed by atoms with Crippen molar-refractivity contribution in [2.75, 3.05) is 78.8 Å². The summed E-state index contributed by atoms with van der Waals surface area (Å²) < 4.78 is 11.0. The molecule has 0 radical (unpaired) electrons. The van der Waals surface area contributed by atoms with Gasteiger partial charge < -0.3 is 20.1 Å². The molecule has 0 spiro atoms. The molecule has 7 nitrogen and oxygen atoms in total. The van der Waals surface area contributed by atoms with E-state index in [1.54, 1.807) is 0 Å². The molecule has 2 saturated heterocycles. The maximum absolute atomic E-state index is 6.27. The number of guanidine groups is 1. The Morgan fingerprint density at radius 2 is 1.83 bits per heavy atom. The second-order valence-corrected chi connectivity index (χ2v) is 8.11. The monoisotopic (exact) mass is 437 g/mol. The fraction of sp³-hybridized carbons (Fsp3) is 0.682. The minimum absolute atomic E-state index is 0.191. The van der Waals surface area contributed by atoms with E-state index < -0.39 is 0 Å². The van der Waals surface area contributed by atoms with Crippen molar-refractivity contribution in [3.8, 4) is 0 Å². The van der Waals surface area contributed by atoms with Crippen molar-refractivity contribution in [1.82, 2.24) is 20.4 Å². The van der Waals surface area contributed by atoms with Gasteiger partial charge in [-0.15, -0.1) is 0 Å². The lowest BCUT2D eigenvalue weighted by molar-refractivity contribution is 0.0179. The highest BCUT2D eigenvalue weighted by Gasteiger charge is 2.23. The molecule has 2 fully saturated rings. The quantitative estimate of drug-likeness (QED) is 0.350. The molecule has 1 aromatic carbocycles. The van der Waals surface area contributed by atoms with Crippen LogP contribution in [-0.4, -0.2) is 94.5 Å². The maximum Gasteiger partial charge on any atom is 0.191 e. The number of rotatable bonds is 9. The van der Waals surface area contributed by atoms with E-state index in [1.165, 1.54) is 5.56 Å². The van der Waals surface area contributed by atoms with Gasteiger partial charge in [0.25, 0.3) is 0 Å². The molecule has 168 valence electrons. The SMILES string of the molecule is CCNC(=NCC(c1cccc(Cl)c1)N1CCOCC1)NCCCN1CCOCC1. The molecule has 3 rings (SSSR count). The highest BCUT2D eigenvalue weighted by Crippen LogP contribution is 2.24. The van der Waals surface area contributed by atoms with Crippen molar-refractivity contribution in [3.05, 3.63) is 34.9 Å². The van der Waals surface area contributed by atoms with Crippen LogP contribution < -0.4 is 10.6 Å². The van der Waals surface area contributed by atoms with Crippen LogP contribution in [0.3, 0.4) is 0 Å². The van der Waals surface area contributed by atoms with E-state index in [0.717, 1.165) is 89.6 Å². The molecule has 0 bridgehead atoms. The summed E-state index contributed by atoms with van der Waals surface area (Å²) in [6, 6.07) is 8.33. The van der Waals surface area contributed by atoms with Gasteiger partial charge in [0.1, 0.15) is 0 Å². The first-order valence-electron chi connectivity index (χ1n) is 11.2. The number of aliphatic imine (C=N–C) groups is 1. The molecule has 0 saturated carbocycles. The summed E-state index contributed by atoms with van der Waals surface area (Å²) in [5, 5.41) is 7.64. The smallest absolute Gasteiger partial charge is 0.191 e. The lowest BCUT2D eigenvalue weighted by Gasteiger charge is -2.34. The third kappa shape index (κ3) is 7.71. The van der Waals surface area contributed by atoms with Gasteiger partial charge in [0.15, 0.2) is 5.96 Å². The summed E-state index contributed by atoms with van der Waals surface area (Å²) in [6.45, 7) is 12.7. The molecule has 2 heterocycles. The number of morpholine rings is 2. The third-order valence-electron chi connectivity index (χ3n) is 5.53. The summed E-state index contributed by atoms with van der Waals surface area (Å²) in [5.74, 6) is 0.875. The first-order chi connectivity index (χ1) is 14.8. The lowest BCUT2D eigenvalue weighted by Crippen LogP contribution is -2.42. The van der Waals surface area contributed by atoms with Crippen molar-refractivity contribution >= 4 is 17.6 Å². The second-order valence-electron chi connectivity index (χ2n) is 7.67. The summed E-state index contributed by atoms with van der Waals surface area (Å²) in [4.78, 5) is 9.82. The fourth-order valence-electron chi connectivity index (χ4n) is 3.89. The molecule has 2 aliphatic rings. The van der Waals surface area contributed by atoms with Gasteiger partial charge in [0.05, 0.1) is 39.0 Å². The number of halogens is 1. The van der Waals surface area contributed by atoms with E-state index in [2.05, 4.69) is 39.5 Å². The highest BCUT2D eigenvalue weighted by atomic mass is 35.5. The van der Waals surface area contributed by atoms with Crippen LogP contribution in [0.25, 0.3) is 0 Å². The molecular weight excluding hydrogens is 402 g/mol. The second kappa shape index (κ2) is 13.1. The van der Waals surface area contributed by atoms with Gasteiger partial charge >= 0.3 is 0 Å². The molecule has 0 amide bonds. The molecule has 2 N–H and O–H groups in total. The van der Waals surface area contributed by atoms with Crippen LogP contribution in [0.2, 0.25) is 5.02 Å². The predicted octanol–water partition coefficient (Wildman–Crippen LogP) is 1.99. The molecule has 0 aliphatic carbocycles. The zero-order valence-electron chi connectivity index (χ0n) is 18.1. The molecule has 8 heteroatoms. The van der Waals surface area contributed by atoms with E-state index >= 15 is 0 Å². The van der Waals surface area contributed by atoms with Crippen LogP contribution in [0.5, 0.6) is 0 Å². The lowest BCUT2D eigenvalue weighted by atomic mass is 10.0. The molecule has 1 aromatic rings. The third-order valence-corrected chi connectivity index (χ3v) is 5.77. The Kier molecular flexibility index (Phi) is 10.2. The van der Waals surface area contributed by atoms with E-state index in [1.807, 2.05) is 12.1 Å². The van der Waals surface area contributed by atoms with E-state index in [4.69, 9.17) is 26.1 Å². The molecule has 1 unspecified atom stereocenters. The Balaban J connectivity index is 1.57. The molecular formula is C22H36ClN5O2. The van der Waals surface area contributed by atoms with Gasteiger partial charge in [-0.3, -0.25) is 14.8 Å². The number of nitrogens with one attached hydrogen (secondary N) is 2. The summed E-state index contributed by atoms with van der Waals surface area (Å²) in [6.07, 6.45) is 1.09. The zero-order chi connectivity index (χ0) is 21.0. The Hall–Kier alpha value is -1.38. The highest BCUT2D eigenvalue weighted by molar-refractivity contribution is 6.30. The normalized spacial score (nSPS) is 20.1. The van der Waals surface area contributed by atoms with Gasteiger partial charge in [0.2, 0.25) is 0 Å². The number of ether oxygens (including phenoxy) is 2. The minimum atomic E-state index is 0.191. The van der Waals surface area contributed by atoms with Crippen LogP contribution in [-0.2, 0) is 9.47 Å². The topological polar surface area (TPSA) is 61.4 Å². The summed E-state index contributed by atoms with van der Waals surface area (Å²) in [5.41, 5.74) is 1.20. The molecule has 0 aromatic heterocycles. The van der Waals surface area contributed by atoms with Crippen molar-refractivity contribution < 1.29 is 9.47 Å². The standard InChI is InChI=1S/C22H36ClN5O2/c1-2-24-22(25-7-4-8-27-9-13-29-14-10-27)26-18-21(28-11-15-30-16-12-28)19-5-3-6-20(23)17-19/h3,5-6,17,21H,2,4,7-16,18H2,1H3,(H2,24,25,26).